The lowest BCUT2D eigenvalue weighted by atomic mass is 9.95. The highest BCUT2D eigenvalue weighted by molar-refractivity contribution is 6.20. The number of nitrogens with one attached hydrogen (secondary N) is 1. The zero-order chi connectivity index (χ0) is 16.3. The van der Waals surface area contributed by atoms with Crippen LogP contribution in [0.2, 0.25) is 0 Å². The number of hydrogen-bond donors (Lipinski definition) is 1. The summed E-state index contributed by atoms with van der Waals surface area (Å²) < 4.78 is 5.33. The maximum atomic E-state index is 12.2. The van der Waals surface area contributed by atoms with Crippen LogP contribution in [0.15, 0.2) is 18.2 Å². The first-order chi connectivity index (χ1) is 10.4. The van der Waals surface area contributed by atoms with Gasteiger partial charge in [-0.2, -0.15) is 0 Å². The van der Waals surface area contributed by atoms with Gasteiger partial charge in [-0.25, -0.2) is 0 Å². The van der Waals surface area contributed by atoms with E-state index in [1.165, 1.54) is 0 Å². The summed E-state index contributed by atoms with van der Waals surface area (Å²) in [6.07, 6.45) is 1.37. The van der Waals surface area contributed by atoms with Crippen LogP contribution in [0.5, 0.6) is 5.75 Å². The van der Waals surface area contributed by atoms with Crippen LogP contribution in [0.3, 0.4) is 0 Å². The van der Waals surface area contributed by atoms with Gasteiger partial charge in [0.15, 0.2) is 0 Å². The summed E-state index contributed by atoms with van der Waals surface area (Å²) in [6.45, 7) is 4.23. The van der Waals surface area contributed by atoms with Gasteiger partial charge in [0, 0.05) is 24.5 Å². The molecular formula is C16H21ClN2O3. The van der Waals surface area contributed by atoms with Gasteiger partial charge in [0.05, 0.1) is 18.2 Å². The Morgan fingerprint density at radius 3 is 2.73 bits per heavy atom. The van der Waals surface area contributed by atoms with Crippen LogP contribution in [0.1, 0.15) is 26.7 Å². The van der Waals surface area contributed by atoms with E-state index in [1.807, 2.05) is 0 Å². The zero-order valence-electron chi connectivity index (χ0n) is 13.1. The minimum Gasteiger partial charge on any atom is -0.495 e. The quantitative estimate of drug-likeness (QED) is 0.847. The first-order valence-corrected chi connectivity index (χ1v) is 7.78. The molecule has 0 atom stereocenters. The van der Waals surface area contributed by atoms with Gasteiger partial charge in [-0.15, -0.1) is 11.6 Å². The highest BCUT2D eigenvalue weighted by atomic mass is 35.5. The van der Waals surface area contributed by atoms with Crippen molar-refractivity contribution in [2.45, 2.75) is 26.7 Å². The smallest absolute Gasteiger partial charge is 0.231 e. The molecule has 2 amide bonds. The minimum atomic E-state index is -0.662. The van der Waals surface area contributed by atoms with Gasteiger partial charge in [0.2, 0.25) is 11.8 Å². The molecule has 1 N–H and O–H groups in total. The van der Waals surface area contributed by atoms with Crippen molar-refractivity contribution in [1.82, 2.24) is 0 Å². The molecule has 1 aromatic carbocycles. The molecule has 0 aromatic heterocycles. The zero-order valence-corrected chi connectivity index (χ0v) is 13.9. The van der Waals surface area contributed by atoms with Crippen LogP contribution in [-0.4, -0.2) is 31.3 Å². The topological polar surface area (TPSA) is 58.6 Å². The molecule has 6 heteroatoms. The second-order valence-electron chi connectivity index (χ2n) is 6.01. The third-order valence-electron chi connectivity index (χ3n) is 3.75. The predicted octanol–water partition coefficient (Wildman–Crippen LogP) is 3.03. The Labute approximate surface area is 135 Å². The van der Waals surface area contributed by atoms with E-state index in [-0.39, 0.29) is 17.7 Å². The van der Waals surface area contributed by atoms with Gasteiger partial charge in [-0.3, -0.25) is 9.59 Å². The molecule has 1 heterocycles. The third kappa shape index (κ3) is 3.35. The molecule has 0 radical (unpaired) electrons. The summed E-state index contributed by atoms with van der Waals surface area (Å²) in [5.41, 5.74) is 0.649. The minimum absolute atomic E-state index is 0.0721. The Bertz CT molecular complexity index is 587. The van der Waals surface area contributed by atoms with Crippen LogP contribution in [0, 0.1) is 5.41 Å². The molecule has 1 aliphatic rings. The molecule has 0 unspecified atom stereocenters. The summed E-state index contributed by atoms with van der Waals surface area (Å²) in [7, 11) is 1.56. The molecule has 1 aromatic rings. The molecule has 0 spiro atoms. The maximum absolute atomic E-state index is 12.2. The van der Waals surface area contributed by atoms with E-state index in [9.17, 15) is 9.59 Å². The number of hydrogen-bond acceptors (Lipinski definition) is 3. The number of anilines is 2. The largest absolute Gasteiger partial charge is 0.495 e. The number of halogens is 1. The predicted molar refractivity (Wildman–Crippen MR) is 87.7 cm³/mol. The Morgan fingerprint density at radius 2 is 2.18 bits per heavy atom. The van der Waals surface area contributed by atoms with Gasteiger partial charge in [-0.05, 0) is 38.5 Å². The SMILES string of the molecule is COc1ccc(NC(=O)C(C)(C)CCl)cc1N1CCCC1=O. The number of nitrogens with zero attached hydrogens (tertiary/aromatic N) is 1. The van der Waals surface area contributed by atoms with Gasteiger partial charge < -0.3 is 15.0 Å². The summed E-state index contributed by atoms with van der Waals surface area (Å²) >= 11 is 5.82. The lowest BCUT2D eigenvalue weighted by molar-refractivity contribution is -0.123. The summed E-state index contributed by atoms with van der Waals surface area (Å²) in [5.74, 6) is 0.756. The van der Waals surface area contributed by atoms with E-state index in [4.69, 9.17) is 16.3 Å². The van der Waals surface area contributed by atoms with E-state index in [1.54, 1.807) is 44.1 Å². The molecule has 0 aliphatic carbocycles. The molecule has 5 nitrogen and oxygen atoms in total. The standard InChI is InChI=1S/C16H21ClN2O3/c1-16(2,10-17)15(21)18-11-6-7-13(22-3)12(9-11)19-8-4-5-14(19)20/h6-7,9H,4-5,8,10H2,1-3H3,(H,18,21). The number of ether oxygens (including phenoxy) is 1. The average Bonchev–Trinajstić information content (AvgIpc) is 2.93. The van der Waals surface area contributed by atoms with Crippen molar-refractivity contribution < 1.29 is 14.3 Å². The van der Waals surface area contributed by atoms with Crippen LogP contribution < -0.4 is 15.0 Å². The van der Waals surface area contributed by atoms with Crippen LogP contribution in [0.4, 0.5) is 11.4 Å². The number of carbonyl (C=O) groups excluding carboxylic acids is 2. The molecule has 2 rings (SSSR count). The molecular weight excluding hydrogens is 304 g/mol. The Hall–Kier alpha value is -1.75. The van der Waals surface area contributed by atoms with Crippen molar-refractivity contribution in [3.63, 3.8) is 0 Å². The number of rotatable bonds is 5. The van der Waals surface area contributed by atoms with E-state index < -0.39 is 5.41 Å². The molecule has 1 saturated heterocycles. The van der Waals surface area contributed by atoms with E-state index in [2.05, 4.69) is 5.32 Å². The number of carbonyl (C=O) groups is 2. The van der Waals surface area contributed by atoms with E-state index in [0.717, 1.165) is 6.42 Å². The van der Waals surface area contributed by atoms with E-state index in [0.29, 0.717) is 30.1 Å². The number of amides is 2. The second-order valence-corrected chi connectivity index (χ2v) is 6.27. The van der Waals surface area contributed by atoms with Crippen molar-refractivity contribution in [1.29, 1.82) is 0 Å². The van der Waals surface area contributed by atoms with Crippen LogP contribution in [0.25, 0.3) is 0 Å². The third-order valence-corrected chi connectivity index (χ3v) is 4.42. The number of methoxy groups -OCH3 is 1. The second kappa shape index (κ2) is 6.57. The fraction of sp³-hybridized carbons (Fsp3) is 0.500. The Morgan fingerprint density at radius 1 is 1.45 bits per heavy atom. The molecule has 0 bridgehead atoms. The molecule has 0 saturated carbocycles. The van der Waals surface area contributed by atoms with Gasteiger partial charge >= 0.3 is 0 Å². The Kier molecular flexibility index (Phi) is 4.96. The highest BCUT2D eigenvalue weighted by Gasteiger charge is 2.28. The molecule has 22 heavy (non-hydrogen) atoms. The van der Waals surface area contributed by atoms with Crippen LogP contribution >= 0.6 is 11.6 Å². The van der Waals surface area contributed by atoms with Crippen molar-refractivity contribution in [2.24, 2.45) is 5.41 Å². The molecule has 120 valence electrons. The first kappa shape index (κ1) is 16.6. The monoisotopic (exact) mass is 324 g/mol. The average molecular weight is 325 g/mol. The highest BCUT2D eigenvalue weighted by Crippen LogP contribution is 2.34. The summed E-state index contributed by atoms with van der Waals surface area (Å²) in [4.78, 5) is 25.9. The summed E-state index contributed by atoms with van der Waals surface area (Å²) in [5, 5.41) is 2.85. The molecule has 1 fully saturated rings. The van der Waals surface area contributed by atoms with Crippen molar-refractivity contribution in [2.75, 3.05) is 29.8 Å². The number of benzene rings is 1. The fourth-order valence-electron chi connectivity index (χ4n) is 2.24. The van der Waals surface area contributed by atoms with Gasteiger partial charge in [0.1, 0.15) is 5.75 Å². The summed E-state index contributed by atoms with van der Waals surface area (Å²) in [6, 6.07) is 5.28. The van der Waals surface area contributed by atoms with Crippen molar-refractivity contribution in [3.8, 4) is 5.75 Å². The van der Waals surface area contributed by atoms with Gasteiger partial charge in [0.25, 0.3) is 0 Å². The number of alkyl halides is 1. The molecule has 1 aliphatic heterocycles. The fourth-order valence-corrected chi connectivity index (χ4v) is 2.36. The van der Waals surface area contributed by atoms with Crippen molar-refractivity contribution in [3.05, 3.63) is 18.2 Å². The van der Waals surface area contributed by atoms with Crippen molar-refractivity contribution >= 4 is 34.8 Å². The maximum Gasteiger partial charge on any atom is 0.231 e. The normalized spacial score (nSPS) is 15.1. The Balaban J connectivity index is 2.28. The lowest BCUT2D eigenvalue weighted by Gasteiger charge is -2.23. The lowest BCUT2D eigenvalue weighted by Crippen LogP contribution is -2.32. The van der Waals surface area contributed by atoms with Crippen LogP contribution in [-0.2, 0) is 9.59 Å². The van der Waals surface area contributed by atoms with Gasteiger partial charge in [-0.1, -0.05) is 0 Å². The first-order valence-electron chi connectivity index (χ1n) is 7.25. The van der Waals surface area contributed by atoms with E-state index >= 15 is 0 Å².